The van der Waals surface area contributed by atoms with Gasteiger partial charge in [-0.2, -0.15) is 0 Å². The van der Waals surface area contributed by atoms with E-state index in [0.29, 0.717) is 5.75 Å². The Hall–Kier alpha value is -2.92. The molecule has 0 aliphatic heterocycles. The number of hydrogen-bond donors (Lipinski definition) is 2. The number of pyridine rings is 1. The predicted molar refractivity (Wildman–Crippen MR) is 95.2 cm³/mol. The maximum atomic E-state index is 12.6. The molecule has 0 saturated heterocycles. The van der Waals surface area contributed by atoms with Gasteiger partial charge in [0.25, 0.3) is 0 Å². The first-order valence-corrected chi connectivity index (χ1v) is 7.70. The molecule has 0 fully saturated rings. The first kappa shape index (κ1) is 16.0. The molecule has 0 radical (unpaired) electrons. The van der Waals surface area contributed by atoms with E-state index in [1.165, 1.54) is 0 Å². The summed E-state index contributed by atoms with van der Waals surface area (Å²) < 4.78 is 5.22. The van der Waals surface area contributed by atoms with Crippen LogP contribution in [-0.4, -0.2) is 24.5 Å². The lowest BCUT2D eigenvalue weighted by molar-refractivity contribution is -0.117. The largest absolute Gasteiger partial charge is 0.497 e. The van der Waals surface area contributed by atoms with Crippen molar-refractivity contribution in [2.75, 3.05) is 19.0 Å². The van der Waals surface area contributed by atoms with Gasteiger partial charge < -0.3 is 15.8 Å². The second-order valence-electron chi connectivity index (χ2n) is 5.49. The van der Waals surface area contributed by atoms with E-state index in [9.17, 15) is 4.79 Å². The molecule has 1 aromatic heterocycles. The molecule has 0 saturated carbocycles. The molecule has 1 heterocycles. The molecule has 24 heavy (non-hydrogen) atoms. The molecule has 0 aliphatic carbocycles. The number of rotatable bonds is 5. The third-order valence-corrected chi connectivity index (χ3v) is 3.96. The molecule has 1 amide bonds. The van der Waals surface area contributed by atoms with Crippen LogP contribution in [0.15, 0.2) is 60.9 Å². The third kappa shape index (κ3) is 3.36. The number of methoxy groups -OCH3 is 1. The van der Waals surface area contributed by atoms with E-state index in [2.05, 4.69) is 10.3 Å². The Balaban J connectivity index is 1.82. The molecule has 2 aromatic carbocycles. The highest BCUT2D eigenvalue weighted by atomic mass is 16.5. The van der Waals surface area contributed by atoms with Crippen LogP contribution in [0.3, 0.4) is 0 Å². The fourth-order valence-corrected chi connectivity index (χ4v) is 2.64. The Morgan fingerprint density at radius 3 is 2.88 bits per heavy atom. The number of nitrogens with two attached hydrogens (primary N) is 1. The highest BCUT2D eigenvalue weighted by Gasteiger charge is 2.19. The van der Waals surface area contributed by atoms with Crippen LogP contribution >= 0.6 is 0 Å². The normalized spacial score (nSPS) is 11.9. The highest BCUT2D eigenvalue weighted by molar-refractivity contribution is 5.98. The average molecular weight is 321 g/mol. The molecule has 122 valence electrons. The summed E-state index contributed by atoms with van der Waals surface area (Å²) in [7, 11) is 1.60. The van der Waals surface area contributed by atoms with Gasteiger partial charge in [0.05, 0.1) is 13.0 Å². The summed E-state index contributed by atoms with van der Waals surface area (Å²) in [6.45, 7) is 0.219. The summed E-state index contributed by atoms with van der Waals surface area (Å²) >= 11 is 0. The molecule has 0 spiro atoms. The lowest BCUT2D eigenvalue weighted by Crippen LogP contribution is -2.27. The van der Waals surface area contributed by atoms with Gasteiger partial charge in [0, 0.05) is 30.0 Å². The summed E-state index contributed by atoms with van der Waals surface area (Å²) in [6.07, 6.45) is 3.52. The molecule has 1 atom stereocenters. The van der Waals surface area contributed by atoms with Crippen molar-refractivity contribution in [2.45, 2.75) is 5.92 Å². The van der Waals surface area contributed by atoms with Crippen LogP contribution in [0.4, 0.5) is 5.69 Å². The monoisotopic (exact) mass is 321 g/mol. The minimum Gasteiger partial charge on any atom is -0.497 e. The number of nitrogens with one attached hydrogen (secondary N) is 1. The molecule has 5 heteroatoms. The Morgan fingerprint density at radius 1 is 1.21 bits per heavy atom. The summed E-state index contributed by atoms with van der Waals surface area (Å²) in [6, 6.07) is 15.0. The van der Waals surface area contributed by atoms with Crippen molar-refractivity contribution in [1.29, 1.82) is 0 Å². The van der Waals surface area contributed by atoms with Gasteiger partial charge in [0.1, 0.15) is 5.75 Å². The van der Waals surface area contributed by atoms with Gasteiger partial charge in [-0.25, -0.2) is 0 Å². The van der Waals surface area contributed by atoms with Crippen LogP contribution in [0.2, 0.25) is 0 Å². The topological polar surface area (TPSA) is 77.2 Å². The van der Waals surface area contributed by atoms with Gasteiger partial charge in [-0.05, 0) is 41.3 Å². The van der Waals surface area contributed by atoms with Crippen molar-refractivity contribution in [2.24, 2.45) is 5.73 Å². The van der Waals surface area contributed by atoms with E-state index in [4.69, 9.17) is 10.5 Å². The van der Waals surface area contributed by atoms with E-state index in [0.717, 1.165) is 22.0 Å². The number of benzene rings is 2. The maximum Gasteiger partial charge on any atom is 0.233 e. The molecule has 3 N–H and O–H groups in total. The lowest BCUT2D eigenvalue weighted by atomic mass is 9.98. The predicted octanol–water partition coefficient (Wildman–Crippen LogP) is 2.92. The second kappa shape index (κ2) is 7.10. The van der Waals surface area contributed by atoms with Gasteiger partial charge >= 0.3 is 0 Å². The van der Waals surface area contributed by atoms with Gasteiger partial charge in [0.15, 0.2) is 0 Å². The zero-order valence-corrected chi connectivity index (χ0v) is 13.4. The smallest absolute Gasteiger partial charge is 0.233 e. The zero-order chi connectivity index (χ0) is 16.9. The molecule has 5 nitrogen and oxygen atoms in total. The van der Waals surface area contributed by atoms with Crippen molar-refractivity contribution < 1.29 is 9.53 Å². The van der Waals surface area contributed by atoms with Gasteiger partial charge in [-0.1, -0.05) is 18.2 Å². The number of aromatic nitrogens is 1. The standard InChI is InChI=1S/C19H19N3O2/c1-24-17-4-2-3-14(10-17)18(11-20)19(23)22-16-6-5-15-12-21-8-7-13(15)9-16/h2-10,12,18H,11,20H2,1H3,(H,22,23). The Labute approximate surface area is 140 Å². The van der Waals surface area contributed by atoms with Crippen molar-refractivity contribution >= 4 is 22.4 Å². The maximum absolute atomic E-state index is 12.6. The Morgan fingerprint density at radius 2 is 2.08 bits per heavy atom. The summed E-state index contributed by atoms with van der Waals surface area (Å²) in [5.74, 6) is 0.129. The number of fused-ring (bicyclic) bond motifs is 1. The Kier molecular flexibility index (Phi) is 4.72. The van der Waals surface area contributed by atoms with Crippen LogP contribution < -0.4 is 15.8 Å². The van der Waals surface area contributed by atoms with Crippen molar-refractivity contribution in [3.63, 3.8) is 0 Å². The van der Waals surface area contributed by atoms with Gasteiger partial charge in [-0.3, -0.25) is 9.78 Å². The third-order valence-electron chi connectivity index (χ3n) is 3.96. The molecule has 0 aliphatic rings. The molecular formula is C19H19N3O2. The van der Waals surface area contributed by atoms with Crippen LogP contribution in [0.5, 0.6) is 5.75 Å². The quantitative estimate of drug-likeness (QED) is 0.757. The molecule has 0 bridgehead atoms. The van der Waals surface area contributed by atoms with Crippen LogP contribution in [0.1, 0.15) is 11.5 Å². The fourth-order valence-electron chi connectivity index (χ4n) is 2.64. The first-order valence-electron chi connectivity index (χ1n) is 7.70. The van der Waals surface area contributed by atoms with E-state index >= 15 is 0 Å². The van der Waals surface area contributed by atoms with Crippen molar-refractivity contribution in [3.8, 4) is 5.75 Å². The van der Waals surface area contributed by atoms with Gasteiger partial charge in [0.2, 0.25) is 5.91 Å². The van der Waals surface area contributed by atoms with E-state index < -0.39 is 5.92 Å². The van der Waals surface area contributed by atoms with Crippen molar-refractivity contribution in [1.82, 2.24) is 4.98 Å². The highest BCUT2D eigenvalue weighted by Crippen LogP contribution is 2.23. The van der Waals surface area contributed by atoms with Crippen LogP contribution in [-0.2, 0) is 4.79 Å². The summed E-state index contributed by atoms with van der Waals surface area (Å²) in [5, 5.41) is 4.99. The number of anilines is 1. The van der Waals surface area contributed by atoms with E-state index in [1.807, 2.05) is 48.5 Å². The minimum absolute atomic E-state index is 0.140. The second-order valence-corrected chi connectivity index (χ2v) is 5.49. The molecule has 3 rings (SSSR count). The molecule has 1 unspecified atom stereocenters. The summed E-state index contributed by atoms with van der Waals surface area (Å²) in [5.41, 5.74) is 7.40. The lowest BCUT2D eigenvalue weighted by Gasteiger charge is -2.16. The van der Waals surface area contributed by atoms with Crippen LogP contribution in [0, 0.1) is 0 Å². The first-order chi connectivity index (χ1) is 11.7. The number of carbonyl (C=O) groups is 1. The SMILES string of the molecule is COc1cccc(C(CN)C(=O)Nc2ccc3cnccc3c2)c1. The number of amides is 1. The number of hydrogen-bond acceptors (Lipinski definition) is 4. The average Bonchev–Trinajstić information content (AvgIpc) is 2.62. The van der Waals surface area contributed by atoms with E-state index in [-0.39, 0.29) is 12.5 Å². The fraction of sp³-hybridized carbons (Fsp3) is 0.158. The Bertz CT molecular complexity index is 864. The molecular weight excluding hydrogens is 302 g/mol. The number of ether oxygens (including phenoxy) is 1. The van der Waals surface area contributed by atoms with E-state index in [1.54, 1.807) is 19.5 Å². The number of carbonyl (C=O) groups excluding carboxylic acids is 1. The zero-order valence-electron chi connectivity index (χ0n) is 13.4. The van der Waals surface area contributed by atoms with Crippen LogP contribution in [0.25, 0.3) is 10.8 Å². The minimum atomic E-state index is -0.437. The summed E-state index contributed by atoms with van der Waals surface area (Å²) in [4.78, 5) is 16.7. The molecule has 3 aromatic rings. The van der Waals surface area contributed by atoms with Gasteiger partial charge in [-0.15, -0.1) is 0 Å². The number of nitrogens with zero attached hydrogens (tertiary/aromatic N) is 1. The van der Waals surface area contributed by atoms with Crippen molar-refractivity contribution in [3.05, 3.63) is 66.5 Å².